The third-order valence-corrected chi connectivity index (χ3v) is 17.9. The van der Waals surface area contributed by atoms with Crippen LogP contribution in [0, 0.1) is 11.8 Å². The molecular formula is C51H52O8P2+2. The molecule has 0 aromatic heterocycles. The lowest BCUT2D eigenvalue weighted by molar-refractivity contribution is -0.147. The van der Waals surface area contributed by atoms with Gasteiger partial charge in [0, 0.05) is 0 Å². The first kappa shape index (κ1) is 44.6. The van der Waals surface area contributed by atoms with Crippen LogP contribution in [0.4, 0.5) is 0 Å². The Morgan fingerprint density at radius 1 is 0.361 bits per heavy atom. The average molecular weight is 855 g/mol. The van der Waals surface area contributed by atoms with Crippen molar-refractivity contribution in [2.75, 3.05) is 0 Å². The zero-order chi connectivity index (χ0) is 42.9. The summed E-state index contributed by atoms with van der Waals surface area (Å²) in [4.78, 5) is 52.5. The van der Waals surface area contributed by atoms with Crippen LogP contribution >= 0.6 is 15.0 Å². The Hall–Kier alpha value is -5.94. The molecule has 0 saturated heterocycles. The fraction of sp³-hybridized carbons (Fsp3) is 0.216. The van der Waals surface area contributed by atoms with Crippen molar-refractivity contribution in [3.8, 4) is 0 Å². The predicted octanol–water partition coefficient (Wildman–Crippen LogP) is 8.80. The molecule has 0 aliphatic carbocycles. The highest BCUT2D eigenvalue weighted by Gasteiger charge is 2.52. The lowest BCUT2D eigenvalue weighted by Crippen LogP contribution is -2.35. The maximum atomic E-state index is 13.8. The number of aliphatic carboxylic acids is 2. The summed E-state index contributed by atoms with van der Waals surface area (Å²) in [5.41, 5.74) is 0. The molecule has 8 nitrogen and oxygen atoms in total. The Balaban J connectivity index is 1.04. The molecule has 0 aliphatic rings. The van der Waals surface area contributed by atoms with Crippen molar-refractivity contribution in [3.05, 3.63) is 182 Å². The van der Waals surface area contributed by atoms with Crippen LogP contribution in [0.25, 0.3) is 0 Å². The molecule has 0 radical (unpaired) electrons. The summed E-state index contributed by atoms with van der Waals surface area (Å²) in [6.45, 7) is 0. The Morgan fingerprint density at radius 3 is 0.787 bits per heavy atom. The minimum Gasteiger partial charge on any atom is -0.481 e. The van der Waals surface area contributed by atoms with E-state index in [0.29, 0.717) is 38.5 Å². The van der Waals surface area contributed by atoms with Gasteiger partial charge in [-0.3, -0.25) is 18.6 Å². The van der Waals surface area contributed by atoms with Crippen LogP contribution in [0.15, 0.2) is 182 Å². The van der Waals surface area contributed by atoms with Gasteiger partial charge in [-0.1, -0.05) is 141 Å². The minimum absolute atomic E-state index is 0.262. The third kappa shape index (κ3) is 11.3. The van der Waals surface area contributed by atoms with Crippen LogP contribution in [0.5, 0.6) is 0 Å². The van der Waals surface area contributed by atoms with E-state index in [4.69, 9.17) is 9.05 Å². The number of rotatable bonds is 22. The number of carboxylic acids is 2. The first-order chi connectivity index (χ1) is 29.7. The number of hydrogen-bond donors (Lipinski definition) is 2. The van der Waals surface area contributed by atoms with E-state index >= 15 is 0 Å². The highest BCUT2D eigenvalue weighted by atomic mass is 31.2. The van der Waals surface area contributed by atoms with E-state index in [1.807, 2.05) is 182 Å². The monoisotopic (exact) mass is 854 g/mol. The molecule has 2 unspecified atom stereocenters. The van der Waals surface area contributed by atoms with Crippen molar-refractivity contribution in [2.24, 2.45) is 11.8 Å². The third-order valence-electron chi connectivity index (χ3n) is 10.8. The first-order valence-electron chi connectivity index (χ1n) is 20.8. The highest BCUT2D eigenvalue weighted by molar-refractivity contribution is 7.92. The van der Waals surface area contributed by atoms with Gasteiger partial charge in [-0.15, -0.1) is 0 Å². The van der Waals surface area contributed by atoms with Crippen molar-refractivity contribution < 1.29 is 38.4 Å². The van der Waals surface area contributed by atoms with Crippen LogP contribution < -0.4 is 31.8 Å². The van der Waals surface area contributed by atoms with Gasteiger partial charge in [0.2, 0.25) is 0 Å². The smallest absolute Gasteiger partial charge is 0.352 e. The summed E-state index contributed by atoms with van der Waals surface area (Å²) in [6, 6.07) is 57.9. The molecule has 6 aromatic carbocycles. The second kappa shape index (κ2) is 22.1. The van der Waals surface area contributed by atoms with Crippen molar-refractivity contribution >= 4 is 70.7 Å². The molecule has 10 heteroatoms. The molecule has 0 amide bonds. The van der Waals surface area contributed by atoms with Gasteiger partial charge in [-0.25, -0.2) is 9.59 Å². The normalized spacial score (nSPS) is 12.5. The topological polar surface area (TPSA) is 127 Å². The standard InChI is InChI=1S/C51H50O8P2/c52-48(58-60(42-26-12-4-13-27-42,43-28-14-5-15-29-43)44-30-16-6-17-31-44)38-40(50(54)55)24-10-2-1-3-11-25-41(51(56)57)39-49(53)59-61(45-32-18-7-19-33-45,46-34-20-8-21-35-46)47-36-22-9-23-37-47/h4-9,12-23,26-37,40-41H,1-3,10-11,24-25,38-39H2/p+2. The average Bonchev–Trinajstić information content (AvgIpc) is 3.30. The van der Waals surface area contributed by atoms with Crippen LogP contribution in [-0.4, -0.2) is 34.1 Å². The maximum absolute atomic E-state index is 13.8. The Kier molecular flexibility index (Phi) is 16.1. The Labute approximate surface area is 359 Å². The van der Waals surface area contributed by atoms with Gasteiger partial charge in [0.25, 0.3) is 15.0 Å². The summed E-state index contributed by atoms with van der Waals surface area (Å²) in [5, 5.41) is 25.5. The summed E-state index contributed by atoms with van der Waals surface area (Å²) in [5.74, 6) is -5.06. The summed E-state index contributed by atoms with van der Waals surface area (Å²) >= 11 is 0. The highest BCUT2D eigenvalue weighted by Crippen LogP contribution is 2.58. The van der Waals surface area contributed by atoms with Gasteiger partial charge in [0.15, 0.2) is 0 Å². The summed E-state index contributed by atoms with van der Waals surface area (Å²) in [7, 11) is -5.86. The molecule has 312 valence electrons. The molecular weight excluding hydrogens is 803 g/mol. The molecule has 0 fully saturated rings. The molecule has 6 aromatic rings. The predicted molar refractivity (Wildman–Crippen MR) is 246 cm³/mol. The van der Waals surface area contributed by atoms with E-state index in [1.165, 1.54) is 0 Å². The number of carboxylic acid groups (broad SMARTS) is 2. The number of carbonyl (C=O) groups excluding carboxylic acids is 2. The molecule has 0 bridgehead atoms. The number of hydrogen-bond acceptors (Lipinski definition) is 6. The van der Waals surface area contributed by atoms with Crippen molar-refractivity contribution in [1.29, 1.82) is 0 Å². The molecule has 0 aliphatic heterocycles. The quantitative estimate of drug-likeness (QED) is 0.0513. The van der Waals surface area contributed by atoms with E-state index in [0.717, 1.165) is 38.2 Å². The summed E-state index contributed by atoms with van der Waals surface area (Å²) < 4.78 is 13.1. The van der Waals surface area contributed by atoms with E-state index in [9.17, 15) is 29.4 Å². The van der Waals surface area contributed by atoms with E-state index in [1.54, 1.807) is 0 Å². The van der Waals surface area contributed by atoms with E-state index in [2.05, 4.69) is 0 Å². The van der Waals surface area contributed by atoms with Crippen molar-refractivity contribution in [2.45, 2.75) is 57.8 Å². The van der Waals surface area contributed by atoms with Gasteiger partial charge in [-0.2, -0.15) is 0 Å². The van der Waals surface area contributed by atoms with E-state index in [-0.39, 0.29) is 12.8 Å². The largest absolute Gasteiger partial charge is 0.481 e. The maximum Gasteiger partial charge on any atom is 0.352 e. The molecule has 0 spiro atoms. The molecule has 0 heterocycles. The molecule has 61 heavy (non-hydrogen) atoms. The SMILES string of the molecule is O=C(CC(CCCCCCCC(CC(=O)O[P+](c1ccccc1)(c1ccccc1)c1ccccc1)C(=O)O)C(=O)O)O[P+](c1ccccc1)(c1ccccc1)c1ccccc1. The van der Waals surface area contributed by atoms with Gasteiger partial charge in [0.05, 0.1) is 24.7 Å². The number of benzene rings is 6. The second-order valence-electron chi connectivity index (χ2n) is 15.0. The van der Waals surface area contributed by atoms with Crippen molar-refractivity contribution in [3.63, 3.8) is 0 Å². The Bertz CT molecular complexity index is 1940. The molecule has 2 atom stereocenters. The van der Waals surface area contributed by atoms with Gasteiger partial charge in [-0.05, 0) is 85.6 Å². The lowest BCUT2D eigenvalue weighted by atomic mass is 9.95. The first-order valence-corrected chi connectivity index (χ1v) is 24.2. The number of carbonyl (C=O) groups is 4. The second-order valence-corrected chi connectivity index (χ2v) is 20.9. The van der Waals surface area contributed by atoms with Crippen LogP contribution in [0.1, 0.15) is 57.8 Å². The lowest BCUT2D eigenvalue weighted by Gasteiger charge is -2.25. The van der Waals surface area contributed by atoms with Crippen LogP contribution in [0.2, 0.25) is 0 Å². The van der Waals surface area contributed by atoms with Gasteiger partial charge >= 0.3 is 23.9 Å². The van der Waals surface area contributed by atoms with Crippen molar-refractivity contribution in [1.82, 2.24) is 0 Å². The zero-order valence-corrected chi connectivity index (χ0v) is 35.9. The fourth-order valence-electron chi connectivity index (χ4n) is 7.76. The Morgan fingerprint density at radius 2 is 0.574 bits per heavy atom. The molecule has 2 N–H and O–H groups in total. The number of unbranched alkanes of at least 4 members (excludes halogenated alkanes) is 4. The van der Waals surface area contributed by atoms with Gasteiger partial charge < -0.3 is 10.2 Å². The van der Waals surface area contributed by atoms with E-state index < -0.39 is 50.7 Å². The van der Waals surface area contributed by atoms with Gasteiger partial charge in [0.1, 0.15) is 31.8 Å². The van der Waals surface area contributed by atoms with Crippen LogP contribution in [0.3, 0.4) is 0 Å². The zero-order valence-electron chi connectivity index (χ0n) is 34.1. The minimum atomic E-state index is -2.93. The molecule has 6 rings (SSSR count). The fourth-order valence-corrected chi connectivity index (χ4v) is 14.5. The van der Waals surface area contributed by atoms with Crippen LogP contribution in [-0.2, 0) is 28.2 Å². The summed E-state index contributed by atoms with van der Waals surface area (Å²) in [6.07, 6.45) is 3.43. The molecule has 0 saturated carbocycles.